The van der Waals surface area contributed by atoms with Crippen LogP contribution in [0.4, 0.5) is 19.6 Å². The van der Waals surface area contributed by atoms with Gasteiger partial charge in [0.15, 0.2) is 11.3 Å². The summed E-state index contributed by atoms with van der Waals surface area (Å²) in [5, 5.41) is 5.40. The van der Waals surface area contributed by atoms with Crippen LogP contribution >= 0.6 is 11.3 Å². The van der Waals surface area contributed by atoms with Gasteiger partial charge in [-0.15, -0.1) is 11.3 Å². The molecule has 224 valence electrons. The minimum absolute atomic E-state index is 0.0587. The number of hydrogen-bond acceptors (Lipinski definition) is 7. The molecule has 12 heteroatoms. The number of halogens is 2. The molecule has 4 aromatic rings. The van der Waals surface area contributed by atoms with Gasteiger partial charge in [-0.05, 0) is 66.9 Å². The van der Waals surface area contributed by atoms with E-state index in [2.05, 4.69) is 15.2 Å². The highest BCUT2D eigenvalue weighted by atomic mass is 32.1. The van der Waals surface area contributed by atoms with E-state index in [4.69, 9.17) is 9.72 Å². The number of benzene rings is 1. The molecule has 2 fully saturated rings. The van der Waals surface area contributed by atoms with Gasteiger partial charge in [0, 0.05) is 56.4 Å². The monoisotopic (exact) mass is 606 g/mol. The lowest BCUT2D eigenvalue weighted by Crippen LogP contribution is -2.48. The van der Waals surface area contributed by atoms with Crippen molar-refractivity contribution in [1.29, 1.82) is 0 Å². The number of piperidine rings is 1. The topological polar surface area (TPSA) is 92.6 Å². The summed E-state index contributed by atoms with van der Waals surface area (Å²) in [6.07, 6.45) is 3.77. The molecule has 2 amide bonds. The molecule has 0 radical (unpaired) electrons. The summed E-state index contributed by atoms with van der Waals surface area (Å²) in [6, 6.07) is 14.3. The van der Waals surface area contributed by atoms with Crippen molar-refractivity contribution in [3.05, 3.63) is 89.2 Å². The van der Waals surface area contributed by atoms with Gasteiger partial charge in [0.25, 0.3) is 5.91 Å². The number of aromatic nitrogens is 3. The van der Waals surface area contributed by atoms with Gasteiger partial charge in [-0.25, -0.2) is 14.4 Å². The molecule has 1 aromatic carbocycles. The number of likely N-dealkylation sites (tertiary alicyclic amines) is 1. The standard InChI is InChI=1S/C31H32F2N6O3S/c1-20(40)37-15-11-28(24(32)18-37)42-23-8-6-22(7-9-23)39-14-3-4-26(39)25-19-43-31(35-25)36-30(41)27-5-2-13-38(27)17-21-10-12-34-29(33)16-21/h2,5-10,12-13,16,19,24,26,28H,3-4,11,14-15,17-18H2,1H3,(H,35,36,41)/t24?,26-,28?/m1/s1. The van der Waals surface area contributed by atoms with Gasteiger partial charge in [0.05, 0.1) is 18.3 Å². The van der Waals surface area contributed by atoms with Crippen molar-refractivity contribution in [3.8, 4) is 5.75 Å². The molecule has 3 aromatic heterocycles. The average Bonchev–Trinajstić information content (AvgIpc) is 3.76. The van der Waals surface area contributed by atoms with E-state index in [1.165, 1.54) is 35.4 Å². The molecule has 6 rings (SSSR count). The normalized spacial score (nSPS) is 20.3. The highest BCUT2D eigenvalue weighted by Crippen LogP contribution is 2.38. The molecule has 3 atom stereocenters. The molecule has 0 aliphatic carbocycles. The van der Waals surface area contributed by atoms with Crippen molar-refractivity contribution in [2.24, 2.45) is 0 Å². The summed E-state index contributed by atoms with van der Waals surface area (Å²) >= 11 is 1.38. The molecule has 1 N–H and O–H groups in total. The van der Waals surface area contributed by atoms with Crippen molar-refractivity contribution in [2.75, 3.05) is 29.9 Å². The fourth-order valence-electron chi connectivity index (χ4n) is 5.73. The zero-order chi connectivity index (χ0) is 29.9. The number of pyridine rings is 1. The lowest BCUT2D eigenvalue weighted by molar-refractivity contribution is -0.132. The summed E-state index contributed by atoms with van der Waals surface area (Å²) < 4.78 is 35.8. The van der Waals surface area contributed by atoms with E-state index in [9.17, 15) is 18.4 Å². The first-order valence-corrected chi connectivity index (χ1v) is 15.2. The zero-order valence-electron chi connectivity index (χ0n) is 23.7. The highest BCUT2D eigenvalue weighted by molar-refractivity contribution is 7.14. The summed E-state index contributed by atoms with van der Waals surface area (Å²) in [6.45, 7) is 3.21. The van der Waals surface area contributed by atoms with E-state index in [1.807, 2.05) is 29.6 Å². The molecule has 0 spiro atoms. The number of carbonyl (C=O) groups excluding carboxylic acids is 2. The number of amides is 2. The number of rotatable bonds is 8. The molecule has 0 bridgehead atoms. The van der Waals surface area contributed by atoms with Gasteiger partial charge in [-0.2, -0.15) is 4.39 Å². The van der Waals surface area contributed by atoms with E-state index in [0.717, 1.165) is 30.8 Å². The van der Waals surface area contributed by atoms with Crippen molar-refractivity contribution in [1.82, 2.24) is 19.4 Å². The van der Waals surface area contributed by atoms with Crippen LogP contribution in [-0.4, -0.2) is 63.2 Å². The smallest absolute Gasteiger partial charge is 0.274 e. The van der Waals surface area contributed by atoms with Crippen molar-refractivity contribution >= 4 is 34.0 Å². The van der Waals surface area contributed by atoms with Crippen molar-refractivity contribution in [3.63, 3.8) is 0 Å². The van der Waals surface area contributed by atoms with Crippen LogP contribution in [0.2, 0.25) is 0 Å². The van der Waals surface area contributed by atoms with E-state index >= 15 is 0 Å². The molecule has 2 aliphatic heterocycles. The summed E-state index contributed by atoms with van der Waals surface area (Å²) in [5.74, 6) is -0.373. The second kappa shape index (κ2) is 12.5. The Bertz CT molecular complexity index is 1590. The maximum absolute atomic E-state index is 14.6. The molecular weight excluding hydrogens is 574 g/mol. The molecule has 2 saturated heterocycles. The van der Waals surface area contributed by atoms with E-state index < -0.39 is 18.2 Å². The number of anilines is 2. The molecular formula is C31H32F2N6O3S. The third-order valence-corrected chi connectivity index (χ3v) is 8.70. The maximum atomic E-state index is 14.6. The van der Waals surface area contributed by atoms with Crippen LogP contribution in [0.1, 0.15) is 54.0 Å². The van der Waals surface area contributed by atoms with Gasteiger partial charge in [-0.1, -0.05) is 0 Å². The second-order valence-corrected chi connectivity index (χ2v) is 11.7. The number of alkyl halides is 1. The van der Waals surface area contributed by atoms with Gasteiger partial charge in [-0.3, -0.25) is 14.9 Å². The summed E-state index contributed by atoms with van der Waals surface area (Å²) in [7, 11) is 0. The Balaban J connectivity index is 1.08. The molecule has 43 heavy (non-hydrogen) atoms. The average molecular weight is 607 g/mol. The van der Waals surface area contributed by atoms with Crippen LogP contribution in [0.3, 0.4) is 0 Å². The van der Waals surface area contributed by atoms with Gasteiger partial charge in [0.2, 0.25) is 11.9 Å². The summed E-state index contributed by atoms with van der Waals surface area (Å²) in [5.41, 5.74) is 3.05. The number of thiazole rings is 1. The predicted octanol–water partition coefficient (Wildman–Crippen LogP) is 5.46. The number of nitrogens with one attached hydrogen (secondary N) is 1. The lowest BCUT2D eigenvalue weighted by atomic mass is 10.1. The first kappa shape index (κ1) is 28.8. The van der Waals surface area contributed by atoms with E-state index in [-0.39, 0.29) is 24.4 Å². The minimum Gasteiger partial charge on any atom is -0.487 e. The summed E-state index contributed by atoms with van der Waals surface area (Å²) in [4.78, 5) is 36.8. The van der Waals surface area contributed by atoms with E-state index in [0.29, 0.717) is 41.6 Å². The fraction of sp³-hybridized carbons (Fsp3) is 0.355. The Morgan fingerprint density at radius 3 is 2.74 bits per heavy atom. The Hall–Kier alpha value is -4.32. The highest BCUT2D eigenvalue weighted by Gasteiger charge is 2.32. The van der Waals surface area contributed by atoms with Crippen LogP contribution < -0.4 is 15.0 Å². The Kier molecular flexibility index (Phi) is 8.37. The number of nitrogens with zero attached hydrogens (tertiary/aromatic N) is 5. The molecule has 5 heterocycles. The molecule has 2 unspecified atom stereocenters. The third-order valence-electron chi connectivity index (χ3n) is 7.93. The predicted molar refractivity (Wildman–Crippen MR) is 160 cm³/mol. The van der Waals surface area contributed by atoms with Crippen LogP contribution in [0, 0.1) is 5.95 Å². The third kappa shape index (κ3) is 6.53. The van der Waals surface area contributed by atoms with Crippen LogP contribution in [0.25, 0.3) is 0 Å². The van der Waals surface area contributed by atoms with Gasteiger partial charge in [0.1, 0.15) is 17.5 Å². The Morgan fingerprint density at radius 1 is 1.14 bits per heavy atom. The zero-order valence-corrected chi connectivity index (χ0v) is 24.5. The SMILES string of the molecule is CC(=O)N1CCC(Oc2ccc(N3CCC[C@@H]3c3csc(NC(=O)c4cccn4Cc4ccnc(F)c4)n3)cc2)C(F)C1. The quantitative estimate of drug-likeness (QED) is 0.268. The largest absolute Gasteiger partial charge is 0.487 e. The maximum Gasteiger partial charge on any atom is 0.274 e. The number of ether oxygens (including phenoxy) is 1. The van der Waals surface area contributed by atoms with Gasteiger partial charge >= 0.3 is 0 Å². The first-order valence-electron chi connectivity index (χ1n) is 14.3. The Morgan fingerprint density at radius 2 is 1.98 bits per heavy atom. The molecule has 9 nitrogen and oxygen atoms in total. The minimum atomic E-state index is -1.23. The number of carbonyl (C=O) groups is 2. The van der Waals surface area contributed by atoms with Crippen LogP contribution in [-0.2, 0) is 11.3 Å². The lowest BCUT2D eigenvalue weighted by Gasteiger charge is -2.34. The number of hydrogen-bond donors (Lipinski definition) is 1. The second-order valence-electron chi connectivity index (χ2n) is 10.8. The Labute approximate surface area is 252 Å². The molecule has 2 aliphatic rings. The van der Waals surface area contributed by atoms with Crippen molar-refractivity contribution < 1.29 is 23.1 Å². The molecule has 0 saturated carbocycles. The van der Waals surface area contributed by atoms with Crippen LogP contribution in [0.15, 0.2) is 66.3 Å². The van der Waals surface area contributed by atoms with Gasteiger partial charge < -0.3 is 19.1 Å². The first-order chi connectivity index (χ1) is 20.8. The fourth-order valence-corrected chi connectivity index (χ4v) is 6.48. The van der Waals surface area contributed by atoms with E-state index in [1.54, 1.807) is 29.0 Å². The van der Waals surface area contributed by atoms with Crippen molar-refractivity contribution in [2.45, 2.75) is 51.0 Å². The van der Waals surface area contributed by atoms with Crippen LogP contribution in [0.5, 0.6) is 5.75 Å².